The summed E-state index contributed by atoms with van der Waals surface area (Å²) in [5, 5.41) is 14.2. The summed E-state index contributed by atoms with van der Waals surface area (Å²) in [6, 6.07) is -0.168. The summed E-state index contributed by atoms with van der Waals surface area (Å²) in [7, 11) is 0. The Hall–Kier alpha value is -1.30. The Morgan fingerprint density at radius 1 is 1.53 bits per heavy atom. The van der Waals surface area contributed by atoms with Crippen molar-refractivity contribution in [3.63, 3.8) is 0 Å². The van der Waals surface area contributed by atoms with E-state index in [0.29, 0.717) is 19.8 Å². The molecule has 1 rings (SSSR count). The summed E-state index contributed by atoms with van der Waals surface area (Å²) in [5.74, 6) is -0.846. The van der Waals surface area contributed by atoms with Crippen molar-refractivity contribution in [2.75, 3.05) is 19.8 Å². The highest BCUT2D eigenvalue weighted by atomic mass is 16.5. The quantitative estimate of drug-likeness (QED) is 0.637. The maximum atomic E-state index is 11.5. The van der Waals surface area contributed by atoms with Crippen molar-refractivity contribution in [3.05, 3.63) is 0 Å². The lowest BCUT2D eigenvalue weighted by Crippen LogP contribution is -2.44. The molecule has 1 saturated heterocycles. The number of carbonyl (C=O) groups excluding carboxylic acids is 1. The van der Waals surface area contributed by atoms with E-state index in [1.165, 1.54) is 0 Å². The smallest absolute Gasteiger partial charge is 0.315 e. The first-order chi connectivity index (χ1) is 8.11. The van der Waals surface area contributed by atoms with Crippen molar-refractivity contribution in [2.45, 2.75) is 32.2 Å². The Bertz CT molecular complexity index is 264. The number of carbonyl (C=O) groups is 2. The Morgan fingerprint density at radius 2 is 2.29 bits per heavy atom. The van der Waals surface area contributed by atoms with Gasteiger partial charge in [-0.1, -0.05) is 13.3 Å². The van der Waals surface area contributed by atoms with Crippen LogP contribution in [0, 0.1) is 5.92 Å². The van der Waals surface area contributed by atoms with Crippen LogP contribution in [0.4, 0.5) is 4.79 Å². The number of rotatable bonds is 6. The lowest BCUT2D eigenvalue weighted by atomic mass is 10.0. The molecule has 0 aliphatic carbocycles. The molecule has 6 heteroatoms. The van der Waals surface area contributed by atoms with E-state index in [4.69, 9.17) is 9.84 Å². The van der Waals surface area contributed by atoms with Gasteiger partial charge < -0.3 is 20.5 Å². The van der Waals surface area contributed by atoms with Gasteiger partial charge in [-0.25, -0.2) is 4.79 Å². The van der Waals surface area contributed by atoms with Gasteiger partial charge in [0.15, 0.2) is 0 Å². The minimum absolute atomic E-state index is 0.0157. The van der Waals surface area contributed by atoms with Gasteiger partial charge in [-0.15, -0.1) is 0 Å². The third-order valence-electron chi connectivity index (χ3n) is 2.86. The fraction of sp³-hybridized carbons (Fsp3) is 0.818. The van der Waals surface area contributed by atoms with Gasteiger partial charge in [-0.05, 0) is 12.3 Å². The largest absolute Gasteiger partial charge is 0.481 e. The van der Waals surface area contributed by atoms with Gasteiger partial charge in [0, 0.05) is 19.6 Å². The average molecular weight is 244 g/mol. The zero-order chi connectivity index (χ0) is 12.7. The average Bonchev–Trinajstić information content (AvgIpc) is 2.76. The molecular formula is C11H20N2O4. The van der Waals surface area contributed by atoms with Crippen LogP contribution in [0.1, 0.15) is 26.2 Å². The number of ether oxygens (including phenoxy) is 1. The lowest BCUT2D eigenvalue weighted by Gasteiger charge is -2.15. The molecule has 0 aromatic rings. The second-order valence-corrected chi connectivity index (χ2v) is 4.29. The van der Waals surface area contributed by atoms with E-state index in [-0.39, 0.29) is 24.4 Å². The highest BCUT2D eigenvalue weighted by molar-refractivity contribution is 5.74. The van der Waals surface area contributed by atoms with E-state index in [9.17, 15) is 9.59 Å². The van der Waals surface area contributed by atoms with Gasteiger partial charge in [-0.2, -0.15) is 0 Å². The van der Waals surface area contributed by atoms with Crippen LogP contribution in [-0.2, 0) is 9.53 Å². The molecule has 2 unspecified atom stereocenters. The van der Waals surface area contributed by atoms with Crippen molar-refractivity contribution in [1.82, 2.24) is 10.6 Å². The SMILES string of the molecule is CCC(CNC(=O)NC1CCOC1)CC(=O)O. The van der Waals surface area contributed by atoms with Gasteiger partial charge in [0.2, 0.25) is 0 Å². The van der Waals surface area contributed by atoms with Gasteiger partial charge in [0.25, 0.3) is 0 Å². The molecule has 1 fully saturated rings. The molecule has 1 aliphatic heterocycles. The predicted octanol–water partition coefficient (Wildman–Crippen LogP) is 0.575. The van der Waals surface area contributed by atoms with Crippen molar-refractivity contribution in [2.24, 2.45) is 5.92 Å². The number of amides is 2. The number of carboxylic acids is 1. The Balaban J connectivity index is 2.18. The summed E-state index contributed by atoms with van der Waals surface area (Å²) in [6.07, 6.45) is 1.65. The minimum atomic E-state index is -0.830. The number of aliphatic carboxylic acids is 1. The molecule has 0 saturated carbocycles. The van der Waals surface area contributed by atoms with Crippen molar-refractivity contribution >= 4 is 12.0 Å². The minimum Gasteiger partial charge on any atom is -0.481 e. The molecule has 0 aromatic heterocycles. The third kappa shape index (κ3) is 5.53. The second kappa shape index (κ2) is 7.11. The van der Waals surface area contributed by atoms with Crippen LogP contribution in [0.2, 0.25) is 0 Å². The number of hydrogen-bond acceptors (Lipinski definition) is 3. The van der Waals surface area contributed by atoms with Crippen molar-refractivity contribution < 1.29 is 19.4 Å². The maximum Gasteiger partial charge on any atom is 0.315 e. The summed E-state index contributed by atoms with van der Waals surface area (Å²) in [5.41, 5.74) is 0. The van der Waals surface area contributed by atoms with Gasteiger partial charge in [0.1, 0.15) is 0 Å². The third-order valence-corrected chi connectivity index (χ3v) is 2.86. The number of urea groups is 1. The fourth-order valence-corrected chi connectivity index (χ4v) is 1.73. The van der Waals surface area contributed by atoms with Crippen LogP contribution < -0.4 is 10.6 Å². The molecule has 0 aromatic carbocycles. The highest BCUT2D eigenvalue weighted by Gasteiger charge is 2.18. The number of hydrogen-bond donors (Lipinski definition) is 3. The predicted molar refractivity (Wildman–Crippen MR) is 61.8 cm³/mol. The summed E-state index contributed by atoms with van der Waals surface area (Å²) in [6.45, 7) is 3.54. The molecule has 0 bridgehead atoms. The lowest BCUT2D eigenvalue weighted by molar-refractivity contribution is -0.138. The molecule has 6 nitrogen and oxygen atoms in total. The Kier molecular flexibility index (Phi) is 5.76. The second-order valence-electron chi connectivity index (χ2n) is 4.29. The molecule has 3 N–H and O–H groups in total. The fourth-order valence-electron chi connectivity index (χ4n) is 1.73. The van der Waals surface area contributed by atoms with E-state index in [0.717, 1.165) is 12.8 Å². The standard InChI is InChI=1S/C11H20N2O4/c1-2-8(5-10(14)15)6-12-11(16)13-9-3-4-17-7-9/h8-9H,2-7H2,1H3,(H,14,15)(H2,12,13,16). The van der Waals surface area contributed by atoms with Crippen LogP contribution in [0.5, 0.6) is 0 Å². The van der Waals surface area contributed by atoms with E-state index < -0.39 is 5.97 Å². The molecule has 0 radical (unpaired) electrons. The van der Waals surface area contributed by atoms with Crippen LogP contribution in [0.3, 0.4) is 0 Å². The number of nitrogens with one attached hydrogen (secondary N) is 2. The Morgan fingerprint density at radius 3 is 2.82 bits per heavy atom. The molecule has 0 spiro atoms. The topological polar surface area (TPSA) is 87.7 Å². The van der Waals surface area contributed by atoms with Crippen molar-refractivity contribution in [1.29, 1.82) is 0 Å². The van der Waals surface area contributed by atoms with Crippen LogP contribution >= 0.6 is 0 Å². The first-order valence-corrected chi connectivity index (χ1v) is 5.95. The number of carboxylic acid groups (broad SMARTS) is 1. The first-order valence-electron chi connectivity index (χ1n) is 5.95. The first kappa shape index (κ1) is 13.8. The van der Waals surface area contributed by atoms with E-state index in [2.05, 4.69) is 10.6 Å². The van der Waals surface area contributed by atoms with Crippen LogP contribution in [0.15, 0.2) is 0 Å². The normalized spacial score (nSPS) is 20.9. The molecule has 2 amide bonds. The molecule has 1 aliphatic rings. The van der Waals surface area contributed by atoms with E-state index >= 15 is 0 Å². The Labute approximate surface area is 101 Å². The molecule has 98 valence electrons. The van der Waals surface area contributed by atoms with Gasteiger partial charge in [0.05, 0.1) is 12.6 Å². The monoisotopic (exact) mass is 244 g/mol. The highest BCUT2D eigenvalue weighted by Crippen LogP contribution is 2.07. The van der Waals surface area contributed by atoms with Crippen LogP contribution in [0.25, 0.3) is 0 Å². The summed E-state index contributed by atoms with van der Waals surface area (Å²) in [4.78, 5) is 22.0. The molecule has 1 heterocycles. The maximum absolute atomic E-state index is 11.5. The summed E-state index contributed by atoms with van der Waals surface area (Å²) >= 11 is 0. The zero-order valence-corrected chi connectivity index (χ0v) is 10.1. The van der Waals surface area contributed by atoms with Crippen molar-refractivity contribution in [3.8, 4) is 0 Å². The van der Waals surface area contributed by atoms with E-state index in [1.807, 2.05) is 6.92 Å². The van der Waals surface area contributed by atoms with Crippen LogP contribution in [-0.4, -0.2) is 42.9 Å². The summed E-state index contributed by atoms with van der Waals surface area (Å²) < 4.78 is 5.14. The van der Waals surface area contributed by atoms with Gasteiger partial charge >= 0.3 is 12.0 Å². The zero-order valence-electron chi connectivity index (χ0n) is 10.1. The molecular weight excluding hydrogens is 224 g/mol. The van der Waals surface area contributed by atoms with Gasteiger partial charge in [-0.3, -0.25) is 4.79 Å². The molecule has 17 heavy (non-hydrogen) atoms. The molecule has 2 atom stereocenters. The van der Waals surface area contributed by atoms with E-state index in [1.54, 1.807) is 0 Å².